The highest BCUT2D eigenvalue weighted by molar-refractivity contribution is 6.41. The van der Waals surface area contributed by atoms with Crippen LogP contribution in [0.3, 0.4) is 0 Å². The van der Waals surface area contributed by atoms with Gasteiger partial charge < -0.3 is 9.47 Å². The third kappa shape index (κ3) is 3.22. The van der Waals surface area contributed by atoms with Crippen LogP contribution in [0.25, 0.3) is 32.3 Å². The predicted octanol–water partition coefficient (Wildman–Crippen LogP) is 8.03. The molecule has 0 saturated carbocycles. The largest absolute Gasteiger partial charge is 0.519 e. The van der Waals surface area contributed by atoms with Gasteiger partial charge in [0.1, 0.15) is 5.75 Å². The van der Waals surface area contributed by atoms with E-state index >= 15 is 0 Å². The van der Waals surface area contributed by atoms with Gasteiger partial charge in [-0.25, -0.2) is 4.79 Å². The van der Waals surface area contributed by atoms with Gasteiger partial charge in [0, 0.05) is 26.6 Å². The molecule has 5 heteroatoms. The van der Waals surface area contributed by atoms with Crippen molar-refractivity contribution in [2.75, 3.05) is 0 Å². The molecule has 5 aromatic rings. The first-order chi connectivity index (χ1) is 14.6. The molecule has 0 amide bonds. The first-order valence-corrected chi connectivity index (χ1v) is 10.0. The molecule has 0 spiro atoms. The molecule has 0 saturated heterocycles. The van der Waals surface area contributed by atoms with Gasteiger partial charge in [0.05, 0.1) is 5.02 Å². The van der Waals surface area contributed by atoms with Crippen molar-refractivity contribution in [3.8, 4) is 11.5 Å². The summed E-state index contributed by atoms with van der Waals surface area (Å²) in [6, 6.07) is 26.1. The number of carbonyl (C=O) groups excluding carboxylic acids is 1. The van der Waals surface area contributed by atoms with E-state index in [4.69, 9.17) is 32.7 Å². The smallest absolute Gasteiger partial charge is 0.394 e. The topological polar surface area (TPSA) is 35.5 Å². The maximum atomic E-state index is 12.8. The minimum atomic E-state index is -0.847. The minimum absolute atomic E-state index is 0.320. The summed E-state index contributed by atoms with van der Waals surface area (Å²) in [6.07, 6.45) is -0.847. The van der Waals surface area contributed by atoms with E-state index in [1.54, 1.807) is 18.2 Å². The van der Waals surface area contributed by atoms with E-state index in [9.17, 15) is 4.79 Å². The fourth-order valence-electron chi connectivity index (χ4n) is 3.64. The fraction of sp³-hybridized carbons (Fsp3) is 0. The Balaban J connectivity index is 1.62. The number of rotatable bonds is 2. The lowest BCUT2D eigenvalue weighted by atomic mass is 10.0. The zero-order chi connectivity index (χ0) is 20.7. The minimum Gasteiger partial charge on any atom is -0.394 e. The maximum absolute atomic E-state index is 12.8. The molecule has 0 aliphatic carbocycles. The van der Waals surface area contributed by atoms with Crippen molar-refractivity contribution in [2.24, 2.45) is 0 Å². The van der Waals surface area contributed by atoms with Crippen LogP contribution in [0.15, 0.2) is 84.9 Å². The average molecular weight is 433 g/mol. The summed E-state index contributed by atoms with van der Waals surface area (Å²) in [4.78, 5) is 12.8. The zero-order valence-electron chi connectivity index (χ0n) is 15.6. The molecule has 0 aliphatic heterocycles. The maximum Gasteiger partial charge on any atom is 0.519 e. The second-order valence-corrected chi connectivity index (χ2v) is 7.62. The Morgan fingerprint density at radius 2 is 1.30 bits per heavy atom. The number of hydrogen-bond donors (Lipinski definition) is 0. The molecule has 0 unspecified atom stereocenters. The SMILES string of the molecule is O=C(Oc1cccc2ccccc12)Oc1c2ccccc2cc2c(Cl)ccc(Cl)c12. The summed E-state index contributed by atoms with van der Waals surface area (Å²) in [7, 11) is 0. The van der Waals surface area contributed by atoms with E-state index in [1.807, 2.05) is 66.7 Å². The molecule has 5 rings (SSSR count). The average Bonchev–Trinajstić information content (AvgIpc) is 2.76. The van der Waals surface area contributed by atoms with Gasteiger partial charge in [-0.1, -0.05) is 83.9 Å². The van der Waals surface area contributed by atoms with E-state index in [-0.39, 0.29) is 0 Å². The van der Waals surface area contributed by atoms with Crippen LogP contribution in [-0.4, -0.2) is 6.16 Å². The first kappa shape index (κ1) is 18.7. The fourth-order valence-corrected chi connectivity index (χ4v) is 4.11. The van der Waals surface area contributed by atoms with Crippen molar-refractivity contribution in [1.82, 2.24) is 0 Å². The van der Waals surface area contributed by atoms with Gasteiger partial charge >= 0.3 is 6.16 Å². The number of fused-ring (bicyclic) bond motifs is 3. The zero-order valence-corrected chi connectivity index (χ0v) is 17.1. The van der Waals surface area contributed by atoms with Crippen molar-refractivity contribution in [3.05, 3.63) is 95.0 Å². The van der Waals surface area contributed by atoms with Crippen LogP contribution >= 0.6 is 23.2 Å². The van der Waals surface area contributed by atoms with Crippen LogP contribution < -0.4 is 9.47 Å². The normalized spacial score (nSPS) is 11.1. The highest BCUT2D eigenvalue weighted by Crippen LogP contribution is 2.42. The van der Waals surface area contributed by atoms with Gasteiger partial charge in [0.15, 0.2) is 5.75 Å². The molecule has 0 bridgehead atoms. The number of ether oxygens (including phenoxy) is 2. The third-order valence-corrected chi connectivity index (χ3v) is 5.65. The van der Waals surface area contributed by atoms with Crippen LogP contribution in [0.4, 0.5) is 4.79 Å². The van der Waals surface area contributed by atoms with Crippen molar-refractivity contribution >= 4 is 61.7 Å². The molecule has 0 atom stereocenters. The highest BCUT2D eigenvalue weighted by atomic mass is 35.5. The number of carbonyl (C=O) groups is 1. The molecule has 30 heavy (non-hydrogen) atoms. The summed E-state index contributed by atoms with van der Waals surface area (Å²) in [5.74, 6) is 0.743. The summed E-state index contributed by atoms with van der Waals surface area (Å²) >= 11 is 12.9. The van der Waals surface area contributed by atoms with Gasteiger partial charge in [-0.2, -0.15) is 0 Å². The molecule has 0 aromatic heterocycles. The van der Waals surface area contributed by atoms with Crippen molar-refractivity contribution in [2.45, 2.75) is 0 Å². The molecule has 0 radical (unpaired) electrons. The quantitative estimate of drug-likeness (QED) is 0.161. The van der Waals surface area contributed by atoms with Gasteiger partial charge in [-0.05, 0) is 35.0 Å². The molecular weight excluding hydrogens is 419 g/mol. The molecule has 0 N–H and O–H groups in total. The number of hydrogen-bond acceptors (Lipinski definition) is 3. The highest BCUT2D eigenvalue weighted by Gasteiger charge is 2.18. The Hall–Kier alpha value is -3.27. The molecule has 0 aliphatic rings. The Labute approximate surface area is 182 Å². The Morgan fingerprint density at radius 3 is 2.13 bits per heavy atom. The third-order valence-electron chi connectivity index (χ3n) is 5.00. The van der Waals surface area contributed by atoms with Crippen molar-refractivity contribution in [1.29, 1.82) is 0 Å². The second kappa shape index (κ2) is 7.52. The monoisotopic (exact) mass is 432 g/mol. The van der Waals surface area contributed by atoms with Gasteiger partial charge in [0.2, 0.25) is 0 Å². The molecule has 5 aromatic carbocycles. The lowest BCUT2D eigenvalue weighted by Crippen LogP contribution is -2.14. The lowest BCUT2D eigenvalue weighted by Gasteiger charge is -2.14. The summed E-state index contributed by atoms with van der Waals surface area (Å²) in [5.41, 5.74) is 0. The second-order valence-electron chi connectivity index (χ2n) is 6.81. The van der Waals surface area contributed by atoms with E-state index < -0.39 is 6.16 Å². The molecule has 0 heterocycles. The van der Waals surface area contributed by atoms with E-state index in [2.05, 4.69) is 0 Å². The van der Waals surface area contributed by atoms with Crippen LogP contribution in [-0.2, 0) is 0 Å². The van der Waals surface area contributed by atoms with Crippen LogP contribution in [0.5, 0.6) is 11.5 Å². The Morgan fingerprint density at radius 1 is 0.633 bits per heavy atom. The van der Waals surface area contributed by atoms with E-state index in [1.165, 1.54) is 0 Å². The molecule has 3 nitrogen and oxygen atoms in total. The molecule has 146 valence electrons. The number of benzene rings is 5. The molecular formula is C25H14Cl2O3. The lowest BCUT2D eigenvalue weighted by molar-refractivity contribution is 0.153. The van der Waals surface area contributed by atoms with Gasteiger partial charge in [-0.3, -0.25) is 0 Å². The Bertz CT molecular complexity index is 1440. The summed E-state index contributed by atoms with van der Waals surface area (Å²) in [5, 5.41) is 5.63. The standard InChI is InChI=1S/C25H14Cl2O3/c26-20-12-13-21(27)23-19(20)14-16-7-2-4-10-18(16)24(23)30-25(28)29-22-11-5-8-15-6-1-3-9-17(15)22/h1-14H. The van der Waals surface area contributed by atoms with Crippen LogP contribution in [0, 0.1) is 0 Å². The van der Waals surface area contributed by atoms with Gasteiger partial charge in [-0.15, -0.1) is 0 Å². The van der Waals surface area contributed by atoms with Crippen molar-refractivity contribution < 1.29 is 14.3 Å². The Kier molecular flexibility index (Phi) is 4.70. The van der Waals surface area contributed by atoms with Crippen molar-refractivity contribution in [3.63, 3.8) is 0 Å². The summed E-state index contributed by atoms with van der Waals surface area (Å²) in [6.45, 7) is 0. The van der Waals surface area contributed by atoms with E-state index in [0.29, 0.717) is 32.3 Å². The number of halogens is 2. The predicted molar refractivity (Wildman–Crippen MR) is 122 cm³/mol. The van der Waals surface area contributed by atoms with Crippen LogP contribution in [0.2, 0.25) is 10.0 Å². The molecule has 0 fully saturated rings. The first-order valence-electron chi connectivity index (χ1n) is 9.29. The van der Waals surface area contributed by atoms with Crippen LogP contribution in [0.1, 0.15) is 0 Å². The van der Waals surface area contributed by atoms with Gasteiger partial charge in [0.25, 0.3) is 0 Å². The van der Waals surface area contributed by atoms with E-state index in [0.717, 1.165) is 21.5 Å². The summed E-state index contributed by atoms with van der Waals surface area (Å²) < 4.78 is 11.3.